The van der Waals surface area contributed by atoms with Crippen LogP contribution in [0.2, 0.25) is 0 Å². The van der Waals surface area contributed by atoms with Gasteiger partial charge in [0.2, 0.25) is 0 Å². The van der Waals surface area contributed by atoms with E-state index in [0.29, 0.717) is 0 Å². The number of halogens is 1. The molecule has 3 nitrogen and oxygen atoms in total. The maximum Gasteiger partial charge on any atom is 0.132 e. The maximum absolute atomic E-state index is 4.50. The number of aryl methyl sites for hydroxylation is 2. The van der Waals surface area contributed by atoms with E-state index in [2.05, 4.69) is 57.2 Å². The van der Waals surface area contributed by atoms with Crippen molar-refractivity contribution in [3.8, 4) is 0 Å². The van der Waals surface area contributed by atoms with Crippen LogP contribution in [-0.2, 0) is 13.0 Å². The van der Waals surface area contributed by atoms with Crippen LogP contribution in [0.15, 0.2) is 22.8 Å². The second-order valence-electron chi connectivity index (χ2n) is 4.11. The molecule has 96 valence electrons. The first-order valence-electron chi connectivity index (χ1n) is 6.00. The number of thiophene rings is 1. The van der Waals surface area contributed by atoms with Gasteiger partial charge in [0.05, 0.1) is 6.54 Å². The quantitative estimate of drug-likeness (QED) is 0.838. The molecule has 2 rings (SSSR count). The van der Waals surface area contributed by atoms with Gasteiger partial charge >= 0.3 is 0 Å². The Morgan fingerprint density at radius 1 is 1.33 bits per heavy atom. The molecule has 0 aliphatic carbocycles. The van der Waals surface area contributed by atoms with Gasteiger partial charge in [0.15, 0.2) is 0 Å². The fourth-order valence-electron chi connectivity index (χ4n) is 1.65. The summed E-state index contributed by atoms with van der Waals surface area (Å²) in [5.74, 6) is 1.77. The number of nitrogens with one attached hydrogen (secondary N) is 1. The highest BCUT2D eigenvalue weighted by Gasteiger charge is 2.03. The molecule has 0 bridgehead atoms. The molecule has 2 aromatic rings. The molecular formula is C13H16BrN3S. The first-order valence-corrected chi connectivity index (χ1v) is 7.61. The summed E-state index contributed by atoms with van der Waals surface area (Å²) in [5, 5.41) is 3.34. The number of aromatic nitrogens is 2. The minimum atomic E-state index is 0.813. The Bertz CT molecular complexity index is 525. The van der Waals surface area contributed by atoms with Crippen LogP contribution in [0.3, 0.4) is 0 Å². The predicted octanol–water partition coefficient (Wildman–Crippen LogP) is 4.17. The van der Waals surface area contributed by atoms with Gasteiger partial charge in [-0.05, 0) is 41.4 Å². The maximum atomic E-state index is 4.50. The minimum absolute atomic E-state index is 0.813. The lowest BCUT2D eigenvalue weighted by atomic mass is 10.3. The molecule has 0 spiro atoms. The number of hydrogen-bond donors (Lipinski definition) is 1. The van der Waals surface area contributed by atoms with Gasteiger partial charge in [-0.15, -0.1) is 11.3 Å². The molecule has 0 radical (unpaired) electrons. The Labute approximate surface area is 120 Å². The monoisotopic (exact) mass is 325 g/mol. The summed E-state index contributed by atoms with van der Waals surface area (Å²) >= 11 is 5.23. The fourth-order valence-corrected chi connectivity index (χ4v) is 2.90. The zero-order chi connectivity index (χ0) is 13.0. The van der Waals surface area contributed by atoms with Crippen LogP contribution in [0.5, 0.6) is 0 Å². The van der Waals surface area contributed by atoms with Gasteiger partial charge in [0, 0.05) is 22.2 Å². The van der Waals surface area contributed by atoms with Gasteiger partial charge in [0.1, 0.15) is 16.2 Å². The average molecular weight is 326 g/mol. The van der Waals surface area contributed by atoms with Gasteiger partial charge in [-0.1, -0.05) is 6.92 Å². The molecule has 2 aromatic heterocycles. The SMILES string of the molecule is CCCc1nc(Br)cc(NCc2ccc(C)s2)n1. The largest absolute Gasteiger partial charge is 0.365 e. The standard InChI is InChI=1S/C13H16BrN3S/c1-3-4-12-16-11(14)7-13(17-12)15-8-10-6-5-9(2)18-10/h5-7H,3-4,8H2,1-2H3,(H,15,16,17). The average Bonchev–Trinajstić information content (AvgIpc) is 2.72. The number of hydrogen-bond acceptors (Lipinski definition) is 4. The molecule has 0 fully saturated rings. The Balaban J connectivity index is 2.04. The number of rotatable bonds is 5. The minimum Gasteiger partial charge on any atom is -0.365 e. The first-order chi connectivity index (χ1) is 8.67. The van der Waals surface area contributed by atoms with Crippen molar-refractivity contribution in [1.82, 2.24) is 9.97 Å². The topological polar surface area (TPSA) is 37.8 Å². The van der Waals surface area contributed by atoms with Crippen LogP contribution in [-0.4, -0.2) is 9.97 Å². The summed E-state index contributed by atoms with van der Waals surface area (Å²) in [4.78, 5) is 11.5. The van der Waals surface area contributed by atoms with E-state index >= 15 is 0 Å². The van der Waals surface area contributed by atoms with E-state index in [9.17, 15) is 0 Å². The van der Waals surface area contributed by atoms with Crippen molar-refractivity contribution < 1.29 is 0 Å². The highest BCUT2D eigenvalue weighted by Crippen LogP contribution is 2.18. The van der Waals surface area contributed by atoms with E-state index in [0.717, 1.165) is 35.6 Å². The van der Waals surface area contributed by atoms with Crippen LogP contribution in [0, 0.1) is 6.92 Å². The molecule has 1 N–H and O–H groups in total. The molecule has 0 saturated heterocycles. The van der Waals surface area contributed by atoms with E-state index in [1.807, 2.05) is 17.4 Å². The highest BCUT2D eigenvalue weighted by molar-refractivity contribution is 9.10. The van der Waals surface area contributed by atoms with Crippen molar-refractivity contribution in [2.24, 2.45) is 0 Å². The van der Waals surface area contributed by atoms with Crippen LogP contribution in [0.1, 0.15) is 28.9 Å². The third-order valence-electron chi connectivity index (χ3n) is 2.45. The summed E-state index contributed by atoms with van der Waals surface area (Å²) in [7, 11) is 0. The third-order valence-corrected chi connectivity index (χ3v) is 3.86. The highest BCUT2D eigenvalue weighted by atomic mass is 79.9. The van der Waals surface area contributed by atoms with E-state index in [4.69, 9.17) is 0 Å². The Kier molecular flexibility index (Phi) is 4.72. The van der Waals surface area contributed by atoms with E-state index in [1.54, 1.807) is 0 Å². The summed E-state index contributed by atoms with van der Waals surface area (Å²) in [6.45, 7) is 5.06. The van der Waals surface area contributed by atoms with Gasteiger partial charge in [-0.25, -0.2) is 9.97 Å². The molecule has 0 aliphatic heterocycles. The van der Waals surface area contributed by atoms with Crippen molar-refractivity contribution in [2.75, 3.05) is 5.32 Å². The normalized spacial score (nSPS) is 10.6. The molecule has 0 amide bonds. The number of anilines is 1. The molecule has 0 atom stereocenters. The summed E-state index contributed by atoms with van der Waals surface area (Å²) in [5.41, 5.74) is 0. The van der Waals surface area contributed by atoms with Crippen molar-refractivity contribution in [3.63, 3.8) is 0 Å². The van der Waals surface area contributed by atoms with Crippen LogP contribution in [0.25, 0.3) is 0 Å². The smallest absolute Gasteiger partial charge is 0.132 e. The van der Waals surface area contributed by atoms with Gasteiger partial charge in [-0.3, -0.25) is 0 Å². The molecule has 5 heteroatoms. The second-order valence-corrected chi connectivity index (χ2v) is 6.29. The predicted molar refractivity (Wildman–Crippen MR) is 80.1 cm³/mol. The summed E-state index contributed by atoms with van der Waals surface area (Å²) in [6, 6.07) is 6.20. The van der Waals surface area contributed by atoms with Crippen molar-refractivity contribution >= 4 is 33.1 Å². The lowest BCUT2D eigenvalue weighted by molar-refractivity contribution is 0.828. The molecule has 2 heterocycles. The Hall–Kier alpha value is -0.940. The molecule has 18 heavy (non-hydrogen) atoms. The lowest BCUT2D eigenvalue weighted by Gasteiger charge is -2.06. The molecule has 0 saturated carbocycles. The summed E-state index contributed by atoms with van der Waals surface area (Å²) in [6.07, 6.45) is 1.96. The van der Waals surface area contributed by atoms with E-state index in [-0.39, 0.29) is 0 Å². The van der Waals surface area contributed by atoms with E-state index < -0.39 is 0 Å². The zero-order valence-electron chi connectivity index (χ0n) is 10.5. The van der Waals surface area contributed by atoms with Gasteiger partial charge in [0.25, 0.3) is 0 Å². The van der Waals surface area contributed by atoms with Gasteiger partial charge < -0.3 is 5.32 Å². The van der Waals surface area contributed by atoms with Gasteiger partial charge in [-0.2, -0.15) is 0 Å². The van der Waals surface area contributed by atoms with Crippen molar-refractivity contribution in [3.05, 3.63) is 38.4 Å². The molecular weight excluding hydrogens is 310 g/mol. The van der Waals surface area contributed by atoms with E-state index in [1.165, 1.54) is 9.75 Å². The fraction of sp³-hybridized carbons (Fsp3) is 0.385. The third kappa shape index (κ3) is 3.78. The zero-order valence-corrected chi connectivity index (χ0v) is 12.9. The molecule has 0 aliphatic rings. The first kappa shape index (κ1) is 13.5. The van der Waals surface area contributed by atoms with Crippen LogP contribution in [0.4, 0.5) is 5.82 Å². The molecule has 0 aromatic carbocycles. The van der Waals surface area contributed by atoms with Crippen LogP contribution >= 0.6 is 27.3 Å². The van der Waals surface area contributed by atoms with Crippen LogP contribution < -0.4 is 5.32 Å². The Morgan fingerprint density at radius 2 is 2.17 bits per heavy atom. The van der Waals surface area contributed by atoms with Crippen molar-refractivity contribution in [1.29, 1.82) is 0 Å². The molecule has 0 unspecified atom stereocenters. The summed E-state index contributed by atoms with van der Waals surface area (Å²) < 4.78 is 0.839. The Morgan fingerprint density at radius 3 is 2.83 bits per heavy atom. The lowest BCUT2D eigenvalue weighted by Crippen LogP contribution is -2.03. The number of nitrogens with zero attached hydrogens (tertiary/aromatic N) is 2. The second kappa shape index (κ2) is 6.29. The van der Waals surface area contributed by atoms with Crippen molar-refractivity contribution in [2.45, 2.75) is 33.2 Å².